The van der Waals surface area contributed by atoms with Gasteiger partial charge in [0.05, 0.1) is 0 Å². The van der Waals surface area contributed by atoms with Gasteiger partial charge in [0.2, 0.25) is 0 Å². The zero-order chi connectivity index (χ0) is 57.2. The minimum absolute atomic E-state index is 0.0140. The van der Waals surface area contributed by atoms with E-state index in [9.17, 15) is 61.1 Å². The number of alkyl carbamates (subject to hydrolysis) is 1. The largest absolute Gasteiger partial charge is 0.471 e. The van der Waals surface area contributed by atoms with E-state index in [1.54, 1.807) is 26.1 Å². The predicted molar refractivity (Wildman–Crippen MR) is 265 cm³/mol. The number of hydrogen-bond acceptors (Lipinski definition) is 17. The van der Waals surface area contributed by atoms with Crippen molar-refractivity contribution in [2.24, 2.45) is 0 Å². The van der Waals surface area contributed by atoms with Crippen LogP contribution >= 0.6 is 0 Å². The Labute approximate surface area is 434 Å². The van der Waals surface area contributed by atoms with Gasteiger partial charge in [-0.25, -0.2) is 33.6 Å². The summed E-state index contributed by atoms with van der Waals surface area (Å²) < 4.78 is 71.5. The Hall–Kier alpha value is -7.67. The topological polar surface area (TPSA) is 307 Å². The molecule has 0 aliphatic carbocycles. The standard InChI is InChI=1S/C26H41N3O9.C23H32F3N3O8/c1-7-16-35-21(30)14-13-20(23(32)37-18-9-3)29-24(33)28-19(22(31)36-17-8-2)12-10-11-15-27-25(34)38-26(4,5)6;1-4-13-35-18(30)11-10-17(20(32)37-15-6-3)29-22(34)28-16(19(31)36-14-5-2)9-7-8-12-27-21(33)23(24,25)26/h7-9,19-20H,1-3,10-18H2,4-6H3,(H,27,34)(H2,28,29,33);4-6,16-17H,1-3,7-15H2,(H,27,33)(H2,28,29,34). The average Bonchev–Trinajstić information content (AvgIpc) is 3.34. The molecule has 0 heterocycles. The van der Waals surface area contributed by atoms with Gasteiger partial charge in [-0.2, -0.15) is 13.2 Å². The van der Waals surface area contributed by atoms with E-state index in [4.69, 9.17) is 33.2 Å². The van der Waals surface area contributed by atoms with Crippen LogP contribution in [0.5, 0.6) is 0 Å². The first kappa shape index (κ1) is 69.4. The molecule has 0 aliphatic rings. The normalized spacial score (nSPS) is 12.1. The summed E-state index contributed by atoms with van der Waals surface area (Å²) in [7, 11) is 0. The Kier molecular flexibility index (Phi) is 37.7. The van der Waals surface area contributed by atoms with Gasteiger partial charge in [0.15, 0.2) is 0 Å². The smallest absolute Gasteiger partial charge is 0.461 e. The van der Waals surface area contributed by atoms with Crippen molar-refractivity contribution in [2.75, 3.05) is 52.7 Å². The Morgan fingerprint density at radius 1 is 0.440 bits per heavy atom. The third kappa shape index (κ3) is 37.7. The van der Waals surface area contributed by atoms with Gasteiger partial charge in [-0.1, -0.05) is 75.9 Å². The molecule has 0 fully saturated rings. The Balaban J connectivity index is 0. The molecule has 4 unspecified atom stereocenters. The van der Waals surface area contributed by atoms with Crippen LogP contribution in [0.1, 0.15) is 85.0 Å². The fourth-order valence-electron chi connectivity index (χ4n) is 5.40. The molecule has 0 bridgehead atoms. The van der Waals surface area contributed by atoms with E-state index < -0.39 is 95.8 Å². The van der Waals surface area contributed by atoms with Gasteiger partial charge in [0, 0.05) is 25.9 Å². The van der Waals surface area contributed by atoms with Crippen LogP contribution in [0.4, 0.5) is 27.6 Å². The van der Waals surface area contributed by atoms with Crippen LogP contribution in [0.25, 0.3) is 0 Å². The fourth-order valence-corrected chi connectivity index (χ4v) is 5.40. The van der Waals surface area contributed by atoms with Crippen LogP contribution in [0.2, 0.25) is 0 Å². The minimum Gasteiger partial charge on any atom is -0.461 e. The summed E-state index contributed by atoms with van der Waals surface area (Å²) in [5, 5.41) is 13.9. The molecule has 0 saturated heterocycles. The molecule has 75 heavy (non-hydrogen) atoms. The first-order chi connectivity index (χ1) is 35.4. The molecule has 0 aliphatic heterocycles. The van der Waals surface area contributed by atoms with E-state index in [0.717, 1.165) is 0 Å². The number of carbonyl (C=O) groups excluding carboxylic acids is 10. The molecule has 0 aromatic rings. The number of nitrogens with one attached hydrogen (secondary N) is 6. The Bertz CT molecular complexity index is 1910. The van der Waals surface area contributed by atoms with Crippen molar-refractivity contribution in [3.05, 3.63) is 75.9 Å². The van der Waals surface area contributed by atoms with Gasteiger partial charge in [0.1, 0.15) is 69.4 Å². The lowest BCUT2D eigenvalue weighted by Crippen LogP contribution is -2.52. The summed E-state index contributed by atoms with van der Waals surface area (Å²) in [4.78, 5) is 121. The molecule has 422 valence electrons. The van der Waals surface area contributed by atoms with Crippen molar-refractivity contribution >= 4 is 59.9 Å². The van der Waals surface area contributed by atoms with Gasteiger partial charge < -0.3 is 65.1 Å². The zero-order valence-corrected chi connectivity index (χ0v) is 42.8. The average molecular weight is 1080 g/mol. The van der Waals surface area contributed by atoms with Crippen LogP contribution in [0.3, 0.4) is 0 Å². The lowest BCUT2D eigenvalue weighted by Gasteiger charge is -2.21. The monoisotopic (exact) mass is 1070 g/mol. The number of alkyl halides is 3. The number of urea groups is 2. The summed E-state index contributed by atoms with van der Waals surface area (Å²) in [6.07, 6.45) is 3.13. The van der Waals surface area contributed by atoms with E-state index in [1.807, 2.05) is 0 Å². The van der Waals surface area contributed by atoms with Crippen LogP contribution in [0, 0.1) is 0 Å². The van der Waals surface area contributed by atoms with Gasteiger partial charge in [-0.15, -0.1) is 0 Å². The van der Waals surface area contributed by atoms with Gasteiger partial charge in [-0.3, -0.25) is 14.4 Å². The molecule has 26 heteroatoms. The van der Waals surface area contributed by atoms with Crippen molar-refractivity contribution in [1.82, 2.24) is 31.9 Å². The molecule has 6 N–H and O–H groups in total. The molecule has 23 nitrogen and oxygen atoms in total. The lowest BCUT2D eigenvalue weighted by molar-refractivity contribution is -0.173. The SMILES string of the molecule is C=CCOC(=O)CCC(NC(=O)NC(CCCCNC(=O)C(F)(F)F)C(=O)OCC=C)C(=O)OCC=C.C=CCOC(=O)CCC(NC(=O)NC(CCCCNC(=O)OC(C)(C)C)C(=O)OCC=C)C(=O)OCC=C. The van der Waals surface area contributed by atoms with Gasteiger partial charge in [-0.05, 0) is 72.1 Å². The van der Waals surface area contributed by atoms with Gasteiger partial charge in [0.25, 0.3) is 0 Å². The molecule has 4 atom stereocenters. The third-order valence-electron chi connectivity index (χ3n) is 8.78. The second-order valence-electron chi connectivity index (χ2n) is 16.3. The number of rotatable bonds is 36. The summed E-state index contributed by atoms with van der Waals surface area (Å²) >= 11 is 0. The number of ether oxygens (including phenoxy) is 7. The zero-order valence-electron chi connectivity index (χ0n) is 42.8. The molecule has 0 saturated carbocycles. The van der Waals surface area contributed by atoms with E-state index in [1.165, 1.54) is 36.5 Å². The second-order valence-corrected chi connectivity index (χ2v) is 16.3. The maximum atomic E-state index is 12.7. The summed E-state index contributed by atoms with van der Waals surface area (Å²) in [6.45, 7) is 25.4. The number of esters is 6. The lowest BCUT2D eigenvalue weighted by atomic mass is 10.1. The number of amides is 6. The molecule has 6 amide bonds. The highest BCUT2D eigenvalue weighted by molar-refractivity contribution is 5.88. The van der Waals surface area contributed by atoms with Crippen molar-refractivity contribution in [2.45, 2.75) is 121 Å². The predicted octanol–water partition coefficient (Wildman–Crippen LogP) is 4.53. The molecule has 0 rings (SSSR count). The van der Waals surface area contributed by atoms with Crippen LogP contribution in [-0.4, -0.2) is 149 Å². The van der Waals surface area contributed by atoms with Crippen molar-refractivity contribution in [3.63, 3.8) is 0 Å². The Morgan fingerprint density at radius 2 is 0.733 bits per heavy atom. The third-order valence-corrected chi connectivity index (χ3v) is 8.78. The molecule has 0 aromatic carbocycles. The number of halogens is 3. The fraction of sp³-hybridized carbons (Fsp3) is 0.551. The van der Waals surface area contributed by atoms with Crippen LogP contribution in [-0.2, 0) is 66.7 Å². The summed E-state index contributed by atoms with van der Waals surface area (Å²) in [5.41, 5.74) is -0.622. The van der Waals surface area contributed by atoms with E-state index in [0.29, 0.717) is 19.4 Å². The number of unbranched alkanes of at least 4 members (excludes halogenated alkanes) is 2. The maximum Gasteiger partial charge on any atom is 0.471 e. The maximum absolute atomic E-state index is 12.7. The molecular weight excluding hydrogens is 1000 g/mol. The van der Waals surface area contributed by atoms with Crippen molar-refractivity contribution in [3.8, 4) is 0 Å². The van der Waals surface area contributed by atoms with Gasteiger partial charge >= 0.3 is 66.1 Å². The van der Waals surface area contributed by atoms with Crippen molar-refractivity contribution < 1.29 is 94.3 Å². The van der Waals surface area contributed by atoms with Crippen LogP contribution < -0.4 is 31.9 Å². The van der Waals surface area contributed by atoms with Crippen LogP contribution in [0.15, 0.2) is 75.9 Å². The highest BCUT2D eigenvalue weighted by Gasteiger charge is 2.38. The quantitative estimate of drug-likeness (QED) is 0.0217. The first-order valence-electron chi connectivity index (χ1n) is 23.5. The number of hydrogen-bond donors (Lipinski definition) is 6. The van der Waals surface area contributed by atoms with E-state index in [-0.39, 0.29) is 97.6 Å². The Morgan fingerprint density at radius 3 is 1.03 bits per heavy atom. The van der Waals surface area contributed by atoms with Crippen molar-refractivity contribution in [1.29, 1.82) is 0 Å². The second kappa shape index (κ2) is 40.8. The highest BCUT2D eigenvalue weighted by atomic mass is 19.4. The first-order valence-corrected chi connectivity index (χ1v) is 23.5. The molecular formula is C49H73F3N6O17. The summed E-state index contributed by atoms with van der Waals surface area (Å²) in [5.74, 6) is -6.51. The van der Waals surface area contributed by atoms with E-state index >= 15 is 0 Å². The number of carbonyl (C=O) groups is 10. The highest BCUT2D eigenvalue weighted by Crippen LogP contribution is 2.14. The molecule has 0 spiro atoms. The van der Waals surface area contributed by atoms with E-state index in [2.05, 4.69) is 66.1 Å². The minimum atomic E-state index is -5.01. The summed E-state index contributed by atoms with van der Waals surface area (Å²) in [6, 6.07) is -6.55. The molecule has 0 aromatic heterocycles. The molecule has 0 radical (unpaired) electrons.